The van der Waals surface area contributed by atoms with Crippen molar-refractivity contribution in [3.63, 3.8) is 0 Å². The van der Waals surface area contributed by atoms with Crippen molar-refractivity contribution in [2.75, 3.05) is 12.4 Å². The fourth-order valence-corrected chi connectivity index (χ4v) is 5.00. The lowest BCUT2D eigenvalue weighted by atomic mass is 9.94. The van der Waals surface area contributed by atoms with E-state index in [1.807, 2.05) is 0 Å². The minimum Gasteiger partial charge on any atom is -0.480 e. The van der Waals surface area contributed by atoms with Gasteiger partial charge in [-0.2, -0.15) is 4.98 Å². The average molecular weight is 435 g/mol. The Bertz CT molecular complexity index is 1000. The molecule has 9 nitrogen and oxygen atoms in total. The van der Waals surface area contributed by atoms with E-state index in [4.69, 9.17) is 9.47 Å². The van der Waals surface area contributed by atoms with E-state index in [0.717, 1.165) is 0 Å². The summed E-state index contributed by atoms with van der Waals surface area (Å²) < 4.78 is 39.4. The van der Waals surface area contributed by atoms with Crippen LogP contribution in [0.5, 0.6) is 11.8 Å². The van der Waals surface area contributed by atoms with Gasteiger partial charge in [0.1, 0.15) is 6.10 Å². The number of aromatic nitrogens is 2. The SMILES string of the molecule is COc1cncc(OC2CCC(NS(=O)(=O)c3ccc(NC(C)=O)cc3C)CC2)n1. The summed E-state index contributed by atoms with van der Waals surface area (Å²) in [6, 6.07) is 4.58. The number of methoxy groups -OCH3 is 1. The number of nitrogens with one attached hydrogen (secondary N) is 2. The molecule has 1 aromatic carbocycles. The third-order valence-corrected chi connectivity index (χ3v) is 6.55. The van der Waals surface area contributed by atoms with E-state index >= 15 is 0 Å². The Kier molecular flexibility index (Phi) is 6.88. The van der Waals surface area contributed by atoms with E-state index in [9.17, 15) is 13.2 Å². The largest absolute Gasteiger partial charge is 0.480 e. The summed E-state index contributed by atoms with van der Waals surface area (Å²) in [5, 5.41) is 2.65. The van der Waals surface area contributed by atoms with Crippen LogP contribution in [0.1, 0.15) is 38.2 Å². The van der Waals surface area contributed by atoms with Crippen LogP contribution in [0.3, 0.4) is 0 Å². The molecule has 1 aliphatic rings. The lowest BCUT2D eigenvalue weighted by Crippen LogP contribution is -2.39. The number of amides is 1. The van der Waals surface area contributed by atoms with Crippen LogP contribution < -0.4 is 19.5 Å². The van der Waals surface area contributed by atoms with Gasteiger partial charge in [0.25, 0.3) is 0 Å². The molecular weight excluding hydrogens is 408 g/mol. The minimum atomic E-state index is -3.66. The highest BCUT2D eigenvalue weighted by Crippen LogP contribution is 2.26. The highest BCUT2D eigenvalue weighted by molar-refractivity contribution is 7.89. The van der Waals surface area contributed by atoms with Gasteiger partial charge in [0.2, 0.25) is 27.7 Å². The second-order valence-electron chi connectivity index (χ2n) is 7.27. The monoisotopic (exact) mass is 434 g/mol. The normalized spacial score (nSPS) is 19.2. The van der Waals surface area contributed by atoms with Crippen LogP contribution in [0.25, 0.3) is 0 Å². The summed E-state index contributed by atoms with van der Waals surface area (Å²) in [5.74, 6) is 0.573. The zero-order valence-electron chi connectivity index (χ0n) is 17.2. The molecule has 1 heterocycles. The van der Waals surface area contributed by atoms with E-state index in [1.165, 1.54) is 32.5 Å². The van der Waals surface area contributed by atoms with Crippen molar-refractivity contribution < 1.29 is 22.7 Å². The summed E-state index contributed by atoms with van der Waals surface area (Å²) in [6.45, 7) is 3.11. The van der Waals surface area contributed by atoms with Gasteiger partial charge in [0, 0.05) is 18.7 Å². The Labute approximate surface area is 176 Å². The van der Waals surface area contributed by atoms with Crippen LogP contribution in [-0.4, -0.2) is 43.5 Å². The molecule has 0 aliphatic heterocycles. The number of anilines is 1. The van der Waals surface area contributed by atoms with Gasteiger partial charge in [-0.3, -0.25) is 9.78 Å². The third-order valence-electron chi connectivity index (χ3n) is 4.87. The predicted octanol–water partition coefficient (Wildman–Crippen LogP) is 2.42. The number of rotatable bonds is 7. The molecule has 0 radical (unpaired) electrons. The summed E-state index contributed by atoms with van der Waals surface area (Å²) in [6.07, 6.45) is 5.70. The molecule has 0 unspecified atom stereocenters. The van der Waals surface area contributed by atoms with Crippen molar-refractivity contribution >= 4 is 21.6 Å². The standard InChI is InChI=1S/C20H26N4O5S/c1-13-10-16(22-14(2)25)6-9-18(13)30(26,27)24-15-4-7-17(8-5-15)29-20-12-21-11-19(23-20)28-3/h6,9-12,15,17,24H,4-5,7-8H2,1-3H3,(H,22,25). The van der Waals surface area contributed by atoms with Gasteiger partial charge in [0.05, 0.1) is 24.4 Å². The highest BCUT2D eigenvalue weighted by Gasteiger charge is 2.27. The van der Waals surface area contributed by atoms with Crippen LogP contribution in [0.15, 0.2) is 35.5 Å². The number of carbonyl (C=O) groups excluding carboxylic acids is 1. The van der Waals surface area contributed by atoms with E-state index < -0.39 is 10.0 Å². The summed E-state index contributed by atoms with van der Waals surface area (Å²) in [7, 11) is -2.15. The summed E-state index contributed by atoms with van der Waals surface area (Å²) >= 11 is 0. The molecule has 2 N–H and O–H groups in total. The maximum atomic E-state index is 12.8. The number of nitrogens with zero attached hydrogens (tertiary/aromatic N) is 2. The maximum absolute atomic E-state index is 12.8. The Hall–Kier alpha value is -2.72. The third kappa shape index (κ3) is 5.67. The van der Waals surface area contributed by atoms with Gasteiger partial charge in [-0.1, -0.05) is 0 Å². The number of carbonyl (C=O) groups is 1. The molecule has 3 rings (SSSR count). The first-order chi connectivity index (χ1) is 14.3. The maximum Gasteiger partial charge on any atom is 0.241 e. The van der Waals surface area contributed by atoms with Crippen molar-refractivity contribution in [1.29, 1.82) is 0 Å². The highest BCUT2D eigenvalue weighted by atomic mass is 32.2. The Morgan fingerprint density at radius 1 is 1.13 bits per heavy atom. The predicted molar refractivity (Wildman–Crippen MR) is 111 cm³/mol. The molecule has 0 atom stereocenters. The first kappa shape index (κ1) is 22.0. The minimum absolute atomic E-state index is 0.0502. The van der Waals surface area contributed by atoms with Crippen LogP contribution in [0, 0.1) is 6.92 Å². The van der Waals surface area contributed by atoms with Gasteiger partial charge in [-0.05, 0) is 56.4 Å². The summed E-state index contributed by atoms with van der Waals surface area (Å²) in [5.41, 5.74) is 1.14. The molecule has 2 aromatic rings. The molecule has 1 fully saturated rings. The fourth-order valence-electron chi connectivity index (χ4n) is 3.47. The Morgan fingerprint density at radius 3 is 2.47 bits per heavy atom. The van der Waals surface area contributed by atoms with Crippen molar-refractivity contribution in [3.8, 4) is 11.8 Å². The molecule has 0 saturated heterocycles. The first-order valence-electron chi connectivity index (χ1n) is 9.70. The first-order valence-corrected chi connectivity index (χ1v) is 11.2. The molecule has 30 heavy (non-hydrogen) atoms. The van der Waals surface area contributed by atoms with E-state index in [0.29, 0.717) is 48.7 Å². The molecule has 0 bridgehead atoms. The second kappa shape index (κ2) is 9.40. The van der Waals surface area contributed by atoms with Gasteiger partial charge in [0.15, 0.2) is 0 Å². The lowest BCUT2D eigenvalue weighted by Gasteiger charge is -2.29. The molecular formula is C20H26N4O5S. The quantitative estimate of drug-likeness (QED) is 0.687. The fraction of sp³-hybridized carbons (Fsp3) is 0.450. The summed E-state index contributed by atoms with van der Waals surface area (Å²) in [4.78, 5) is 19.6. The molecule has 162 valence electrons. The average Bonchev–Trinajstić information content (AvgIpc) is 2.69. The van der Waals surface area contributed by atoms with Crippen LogP contribution >= 0.6 is 0 Å². The van der Waals surface area contributed by atoms with Crippen molar-refractivity contribution in [2.24, 2.45) is 0 Å². The molecule has 1 amide bonds. The van der Waals surface area contributed by atoms with E-state index in [-0.39, 0.29) is 22.9 Å². The van der Waals surface area contributed by atoms with Crippen LogP contribution in [0.2, 0.25) is 0 Å². The van der Waals surface area contributed by atoms with Gasteiger partial charge < -0.3 is 14.8 Å². The van der Waals surface area contributed by atoms with Gasteiger partial charge in [-0.15, -0.1) is 0 Å². The number of ether oxygens (including phenoxy) is 2. The van der Waals surface area contributed by atoms with E-state index in [2.05, 4.69) is 20.0 Å². The van der Waals surface area contributed by atoms with Crippen molar-refractivity contribution in [1.82, 2.24) is 14.7 Å². The zero-order chi connectivity index (χ0) is 21.7. The van der Waals surface area contributed by atoms with E-state index in [1.54, 1.807) is 19.1 Å². The topological polar surface area (TPSA) is 120 Å². The smallest absolute Gasteiger partial charge is 0.241 e. The number of hydrogen-bond donors (Lipinski definition) is 2. The van der Waals surface area contributed by atoms with Crippen LogP contribution in [-0.2, 0) is 14.8 Å². The van der Waals surface area contributed by atoms with Crippen molar-refractivity contribution in [2.45, 2.75) is 56.6 Å². The number of aryl methyl sites for hydroxylation is 1. The van der Waals surface area contributed by atoms with Gasteiger partial charge in [-0.25, -0.2) is 13.1 Å². The second-order valence-corrected chi connectivity index (χ2v) is 8.96. The van der Waals surface area contributed by atoms with Gasteiger partial charge >= 0.3 is 0 Å². The van der Waals surface area contributed by atoms with Crippen molar-refractivity contribution in [3.05, 3.63) is 36.2 Å². The molecule has 0 spiro atoms. The number of hydrogen-bond acceptors (Lipinski definition) is 7. The zero-order valence-corrected chi connectivity index (χ0v) is 18.0. The number of benzene rings is 1. The molecule has 1 saturated carbocycles. The molecule has 10 heteroatoms. The number of sulfonamides is 1. The van der Waals surface area contributed by atoms with Crippen LogP contribution in [0.4, 0.5) is 5.69 Å². The Morgan fingerprint density at radius 2 is 1.83 bits per heavy atom. The Balaban J connectivity index is 1.57. The molecule has 1 aliphatic carbocycles. The lowest BCUT2D eigenvalue weighted by molar-refractivity contribution is -0.114. The molecule has 1 aromatic heterocycles.